The molecule has 9 heteroatoms. The number of urea groups is 1. The van der Waals surface area contributed by atoms with E-state index >= 15 is 0 Å². The molecule has 0 aliphatic rings. The third-order valence-electron chi connectivity index (χ3n) is 4.12. The highest BCUT2D eigenvalue weighted by Crippen LogP contribution is 2.20. The second-order valence-electron chi connectivity index (χ2n) is 5.94. The van der Waals surface area contributed by atoms with Crippen molar-refractivity contribution in [3.63, 3.8) is 0 Å². The number of hydrogen-bond acceptors (Lipinski definition) is 4. The zero-order valence-electron chi connectivity index (χ0n) is 15.5. The van der Waals surface area contributed by atoms with Crippen molar-refractivity contribution in [3.8, 4) is 0 Å². The van der Waals surface area contributed by atoms with Crippen LogP contribution in [0.25, 0.3) is 0 Å². The molecule has 0 aliphatic heterocycles. The first-order chi connectivity index (χ1) is 12.8. The van der Waals surface area contributed by atoms with Crippen LogP contribution in [0.3, 0.4) is 0 Å². The molecular formula is C18H24BrN3O3S2. The highest BCUT2D eigenvalue weighted by molar-refractivity contribution is 9.10. The number of carbonyl (C=O) groups is 1. The summed E-state index contributed by atoms with van der Waals surface area (Å²) in [5, 5.41) is 7.64. The van der Waals surface area contributed by atoms with Gasteiger partial charge in [0.1, 0.15) is 0 Å². The molecule has 1 aromatic heterocycles. The standard InChI is InChI=1S/C18H24BrN3O3S2/c1-4-22(5-2)27(24,25)17-8-6-14(7-9-17)13(3)21-18(23)20-11-16-10-15(19)12-26-16/h6-10,12-13H,4-5,11H2,1-3H3,(H2,20,21,23). The first-order valence-corrected chi connectivity index (χ1v) is 11.8. The Kier molecular flexibility index (Phi) is 7.84. The molecule has 0 bridgehead atoms. The summed E-state index contributed by atoms with van der Waals surface area (Å²) in [6.07, 6.45) is 0. The molecule has 0 radical (unpaired) electrons. The summed E-state index contributed by atoms with van der Waals surface area (Å²) in [6.45, 7) is 6.80. The van der Waals surface area contributed by atoms with Gasteiger partial charge in [0.15, 0.2) is 0 Å². The van der Waals surface area contributed by atoms with Crippen molar-refractivity contribution in [2.75, 3.05) is 13.1 Å². The van der Waals surface area contributed by atoms with E-state index < -0.39 is 10.0 Å². The van der Waals surface area contributed by atoms with E-state index in [0.717, 1.165) is 14.9 Å². The van der Waals surface area contributed by atoms with Crippen molar-refractivity contribution in [1.82, 2.24) is 14.9 Å². The number of sulfonamides is 1. The normalized spacial score (nSPS) is 12.8. The predicted octanol–water partition coefficient (Wildman–Crippen LogP) is 4.10. The molecule has 0 fully saturated rings. The highest BCUT2D eigenvalue weighted by atomic mass is 79.9. The van der Waals surface area contributed by atoms with Crippen LogP contribution in [-0.4, -0.2) is 31.8 Å². The van der Waals surface area contributed by atoms with E-state index in [4.69, 9.17) is 0 Å². The van der Waals surface area contributed by atoms with Gasteiger partial charge in [0.2, 0.25) is 10.0 Å². The van der Waals surface area contributed by atoms with Gasteiger partial charge in [-0.3, -0.25) is 0 Å². The number of hydrogen-bond donors (Lipinski definition) is 2. The van der Waals surface area contributed by atoms with Crippen LogP contribution in [0.15, 0.2) is 45.1 Å². The Balaban J connectivity index is 1.96. The zero-order chi connectivity index (χ0) is 20.0. The summed E-state index contributed by atoms with van der Waals surface area (Å²) in [7, 11) is -3.47. The van der Waals surface area contributed by atoms with E-state index in [1.807, 2.05) is 32.2 Å². The molecule has 2 aromatic rings. The maximum Gasteiger partial charge on any atom is 0.315 e. The molecule has 1 heterocycles. The quantitative estimate of drug-likeness (QED) is 0.605. The second-order valence-corrected chi connectivity index (χ2v) is 9.79. The molecule has 2 rings (SSSR count). The highest BCUT2D eigenvalue weighted by Gasteiger charge is 2.21. The van der Waals surface area contributed by atoms with Gasteiger partial charge in [-0.1, -0.05) is 26.0 Å². The minimum absolute atomic E-state index is 0.245. The number of thiophene rings is 1. The molecule has 2 amide bonds. The summed E-state index contributed by atoms with van der Waals surface area (Å²) in [4.78, 5) is 13.4. The molecule has 1 atom stereocenters. The van der Waals surface area contributed by atoms with E-state index in [0.29, 0.717) is 19.6 Å². The van der Waals surface area contributed by atoms with Crippen LogP contribution in [0.5, 0.6) is 0 Å². The van der Waals surface area contributed by atoms with E-state index in [1.165, 1.54) is 4.31 Å². The zero-order valence-corrected chi connectivity index (χ0v) is 18.7. The van der Waals surface area contributed by atoms with Crippen LogP contribution in [0.1, 0.15) is 37.3 Å². The van der Waals surface area contributed by atoms with Crippen LogP contribution in [0.2, 0.25) is 0 Å². The number of carbonyl (C=O) groups excluding carboxylic acids is 1. The molecule has 0 aliphatic carbocycles. The number of nitrogens with one attached hydrogen (secondary N) is 2. The van der Waals surface area contributed by atoms with Crippen molar-refractivity contribution >= 4 is 43.3 Å². The van der Waals surface area contributed by atoms with Gasteiger partial charge in [0, 0.05) is 27.8 Å². The maximum absolute atomic E-state index is 12.5. The average Bonchev–Trinajstić information content (AvgIpc) is 3.06. The lowest BCUT2D eigenvalue weighted by Crippen LogP contribution is -2.36. The van der Waals surface area contributed by atoms with Crippen LogP contribution >= 0.6 is 27.3 Å². The Morgan fingerprint density at radius 2 is 1.85 bits per heavy atom. The third-order valence-corrected chi connectivity index (χ3v) is 7.88. The van der Waals surface area contributed by atoms with Crippen LogP contribution in [0, 0.1) is 0 Å². The fourth-order valence-corrected chi connectivity index (χ4v) is 5.43. The van der Waals surface area contributed by atoms with Gasteiger partial charge < -0.3 is 10.6 Å². The molecule has 0 saturated heterocycles. The molecule has 6 nitrogen and oxygen atoms in total. The number of rotatable bonds is 8. The summed E-state index contributed by atoms with van der Waals surface area (Å²) in [5.74, 6) is 0. The molecule has 0 saturated carbocycles. The lowest BCUT2D eigenvalue weighted by Gasteiger charge is -2.19. The van der Waals surface area contributed by atoms with E-state index in [1.54, 1.807) is 35.6 Å². The number of amides is 2. The largest absolute Gasteiger partial charge is 0.333 e. The van der Waals surface area contributed by atoms with Crippen molar-refractivity contribution in [3.05, 3.63) is 50.6 Å². The second kappa shape index (κ2) is 9.68. The van der Waals surface area contributed by atoms with Crippen molar-refractivity contribution in [2.45, 2.75) is 38.3 Å². The van der Waals surface area contributed by atoms with E-state index in [-0.39, 0.29) is 17.0 Å². The molecular weight excluding hydrogens is 450 g/mol. The molecule has 148 valence electrons. The predicted molar refractivity (Wildman–Crippen MR) is 112 cm³/mol. The lowest BCUT2D eigenvalue weighted by atomic mass is 10.1. The number of halogens is 1. The Labute approximate surface area is 173 Å². The fourth-order valence-electron chi connectivity index (χ4n) is 2.59. The first-order valence-electron chi connectivity index (χ1n) is 8.65. The summed E-state index contributed by atoms with van der Waals surface area (Å²) in [6, 6.07) is 8.08. The topological polar surface area (TPSA) is 78.5 Å². The van der Waals surface area contributed by atoms with Crippen molar-refractivity contribution in [2.24, 2.45) is 0 Å². The summed E-state index contributed by atoms with van der Waals surface area (Å²) >= 11 is 4.95. The Morgan fingerprint density at radius 3 is 2.37 bits per heavy atom. The monoisotopic (exact) mass is 473 g/mol. The molecule has 1 aromatic carbocycles. The smallest absolute Gasteiger partial charge is 0.315 e. The molecule has 2 N–H and O–H groups in total. The number of nitrogens with zero attached hydrogens (tertiary/aromatic N) is 1. The van der Waals surface area contributed by atoms with Gasteiger partial charge in [0.25, 0.3) is 0 Å². The molecule has 0 spiro atoms. The van der Waals surface area contributed by atoms with Crippen LogP contribution in [-0.2, 0) is 16.6 Å². The Morgan fingerprint density at radius 1 is 1.22 bits per heavy atom. The van der Waals surface area contributed by atoms with Crippen LogP contribution < -0.4 is 10.6 Å². The number of benzene rings is 1. The maximum atomic E-state index is 12.5. The van der Waals surface area contributed by atoms with E-state index in [2.05, 4.69) is 26.6 Å². The van der Waals surface area contributed by atoms with Gasteiger partial charge >= 0.3 is 6.03 Å². The van der Waals surface area contributed by atoms with Gasteiger partial charge in [-0.2, -0.15) is 4.31 Å². The fraction of sp³-hybridized carbons (Fsp3) is 0.389. The van der Waals surface area contributed by atoms with Gasteiger partial charge in [-0.15, -0.1) is 11.3 Å². The minimum Gasteiger partial charge on any atom is -0.333 e. The summed E-state index contributed by atoms with van der Waals surface area (Å²) < 4.78 is 27.5. The van der Waals surface area contributed by atoms with Crippen molar-refractivity contribution in [1.29, 1.82) is 0 Å². The van der Waals surface area contributed by atoms with Gasteiger partial charge in [-0.05, 0) is 46.6 Å². The van der Waals surface area contributed by atoms with Gasteiger partial charge in [0.05, 0.1) is 17.5 Å². The molecule has 27 heavy (non-hydrogen) atoms. The first kappa shape index (κ1) is 21.9. The van der Waals surface area contributed by atoms with E-state index in [9.17, 15) is 13.2 Å². The van der Waals surface area contributed by atoms with Crippen molar-refractivity contribution < 1.29 is 13.2 Å². The minimum atomic E-state index is -3.47. The van der Waals surface area contributed by atoms with Crippen LogP contribution in [0.4, 0.5) is 4.79 Å². The molecule has 1 unspecified atom stereocenters. The Bertz CT molecular complexity index is 862. The summed E-state index contributed by atoms with van der Waals surface area (Å²) in [5.41, 5.74) is 0.836. The third kappa shape index (κ3) is 5.78. The van der Waals surface area contributed by atoms with Gasteiger partial charge in [-0.25, -0.2) is 13.2 Å². The Hall–Kier alpha value is -1.42. The SMILES string of the molecule is CCN(CC)S(=O)(=O)c1ccc(C(C)NC(=O)NCc2cc(Br)cs2)cc1. The lowest BCUT2D eigenvalue weighted by molar-refractivity contribution is 0.237. The average molecular weight is 474 g/mol.